The lowest BCUT2D eigenvalue weighted by Crippen LogP contribution is -2.29. The molecule has 0 unspecified atom stereocenters. The molecule has 0 aromatic carbocycles. The standard InChI is InChI=1S/C8H15N2S/c9-5-8(11)10-6-7-3-1-2-4-7/h7,9H,1-6H2,(H,10,11). The summed E-state index contributed by atoms with van der Waals surface area (Å²) in [6.07, 6.45) is 5.43. The SMILES string of the molecule is [NH]CC(=S)NCC1CCCC1. The Labute approximate surface area is 73.5 Å². The molecule has 1 aliphatic carbocycles. The predicted octanol–water partition coefficient (Wildman–Crippen LogP) is 1.38. The predicted molar refractivity (Wildman–Crippen MR) is 50.5 cm³/mol. The van der Waals surface area contributed by atoms with Crippen LogP contribution in [0.5, 0.6) is 0 Å². The van der Waals surface area contributed by atoms with Crippen molar-refractivity contribution in [2.45, 2.75) is 25.7 Å². The molecular weight excluding hydrogens is 156 g/mol. The summed E-state index contributed by atoms with van der Waals surface area (Å²) in [6, 6.07) is 0. The van der Waals surface area contributed by atoms with Crippen molar-refractivity contribution in [1.82, 2.24) is 11.1 Å². The number of nitrogens with one attached hydrogen (secondary N) is 2. The molecular formula is C8H15N2S. The molecule has 1 aliphatic rings. The van der Waals surface area contributed by atoms with Gasteiger partial charge in [-0.25, -0.2) is 0 Å². The van der Waals surface area contributed by atoms with Crippen molar-refractivity contribution in [3.63, 3.8) is 0 Å². The van der Waals surface area contributed by atoms with E-state index in [1.165, 1.54) is 25.7 Å². The quantitative estimate of drug-likeness (QED) is 0.651. The molecule has 0 bridgehead atoms. The summed E-state index contributed by atoms with van der Waals surface area (Å²) in [5, 5.41) is 3.12. The first-order valence-electron chi connectivity index (χ1n) is 4.24. The second-order valence-corrected chi connectivity index (χ2v) is 3.62. The molecule has 1 fully saturated rings. The van der Waals surface area contributed by atoms with Crippen LogP contribution in [0.15, 0.2) is 0 Å². The summed E-state index contributed by atoms with van der Waals surface area (Å²) >= 11 is 4.89. The van der Waals surface area contributed by atoms with Crippen molar-refractivity contribution in [3.8, 4) is 0 Å². The number of hydrogen-bond acceptors (Lipinski definition) is 1. The summed E-state index contributed by atoms with van der Waals surface area (Å²) in [7, 11) is 0. The van der Waals surface area contributed by atoms with Gasteiger partial charge in [0.25, 0.3) is 0 Å². The lowest BCUT2D eigenvalue weighted by molar-refractivity contribution is 0.536. The highest BCUT2D eigenvalue weighted by atomic mass is 32.1. The maximum Gasteiger partial charge on any atom is 0.0908 e. The molecule has 0 spiro atoms. The molecule has 0 saturated heterocycles. The van der Waals surface area contributed by atoms with Crippen LogP contribution in [-0.2, 0) is 0 Å². The summed E-state index contributed by atoms with van der Waals surface area (Å²) in [5.74, 6) is 0.819. The summed E-state index contributed by atoms with van der Waals surface area (Å²) in [6.45, 7) is 1.24. The highest BCUT2D eigenvalue weighted by Crippen LogP contribution is 2.23. The molecule has 1 saturated carbocycles. The van der Waals surface area contributed by atoms with Gasteiger partial charge >= 0.3 is 0 Å². The van der Waals surface area contributed by atoms with E-state index in [0.717, 1.165) is 12.5 Å². The molecule has 2 N–H and O–H groups in total. The zero-order valence-corrected chi connectivity index (χ0v) is 7.54. The highest BCUT2D eigenvalue weighted by molar-refractivity contribution is 7.80. The second-order valence-electron chi connectivity index (χ2n) is 3.13. The van der Waals surface area contributed by atoms with Crippen LogP contribution in [0.25, 0.3) is 0 Å². The molecule has 11 heavy (non-hydrogen) atoms. The van der Waals surface area contributed by atoms with E-state index in [9.17, 15) is 0 Å². The molecule has 0 aliphatic heterocycles. The molecule has 0 aromatic rings. The van der Waals surface area contributed by atoms with E-state index >= 15 is 0 Å². The molecule has 63 valence electrons. The Kier molecular flexibility index (Phi) is 3.80. The van der Waals surface area contributed by atoms with Crippen LogP contribution >= 0.6 is 12.2 Å². The third kappa shape index (κ3) is 3.16. The second kappa shape index (κ2) is 4.67. The van der Waals surface area contributed by atoms with Crippen molar-refractivity contribution < 1.29 is 0 Å². The van der Waals surface area contributed by atoms with Gasteiger partial charge in [0.05, 0.1) is 11.5 Å². The van der Waals surface area contributed by atoms with Crippen LogP contribution in [0.3, 0.4) is 0 Å². The fraction of sp³-hybridized carbons (Fsp3) is 0.875. The number of rotatable bonds is 3. The van der Waals surface area contributed by atoms with Crippen LogP contribution in [0.4, 0.5) is 0 Å². The lowest BCUT2D eigenvalue weighted by atomic mass is 10.1. The van der Waals surface area contributed by atoms with Crippen molar-refractivity contribution >= 4 is 17.2 Å². The normalized spacial score (nSPS) is 18.6. The zero-order valence-electron chi connectivity index (χ0n) is 6.73. The Hall–Kier alpha value is -0.150. The fourth-order valence-corrected chi connectivity index (χ4v) is 1.62. The molecule has 0 atom stereocenters. The van der Waals surface area contributed by atoms with Crippen molar-refractivity contribution in [2.75, 3.05) is 13.1 Å². The maximum absolute atomic E-state index is 6.98. The van der Waals surface area contributed by atoms with Crippen LogP contribution in [-0.4, -0.2) is 18.1 Å². The minimum Gasteiger partial charge on any atom is -0.378 e. The average Bonchev–Trinajstić information content (AvgIpc) is 2.52. The molecule has 2 nitrogen and oxygen atoms in total. The Morgan fingerprint density at radius 3 is 2.64 bits per heavy atom. The van der Waals surface area contributed by atoms with Crippen molar-refractivity contribution in [1.29, 1.82) is 0 Å². The van der Waals surface area contributed by atoms with Gasteiger partial charge in [0.1, 0.15) is 0 Å². The van der Waals surface area contributed by atoms with Crippen molar-refractivity contribution in [2.24, 2.45) is 5.92 Å². The minimum atomic E-state index is 0.238. The van der Waals surface area contributed by atoms with Crippen molar-refractivity contribution in [3.05, 3.63) is 0 Å². The van der Waals surface area contributed by atoms with Gasteiger partial charge in [0.2, 0.25) is 0 Å². The van der Waals surface area contributed by atoms with E-state index in [1.54, 1.807) is 0 Å². The summed E-state index contributed by atoms with van der Waals surface area (Å²) < 4.78 is 0. The van der Waals surface area contributed by atoms with E-state index in [4.69, 9.17) is 18.0 Å². The summed E-state index contributed by atoms with van der Waals surface area (Å²) in [5.41, 5.74) is 6.98. The van der Waals surface area contributed by atoms with Gasteiger partial charge in [-0.15, -0.1) is 0 Å². The molecule has 0 aromatic heterocycles. The Morgan fingerprint density at radius 1 is 1.45 bits per heavy atom. The fourth-order valence-electron chi connectivity index (χ4n) is 1.54. The third-order valence-corrected chi connectivity index (χ3v) is 2.51. The van der Waals surface area contributed by atoms with E-state index in [-0.39, 0.29) is 6.54 Å². The molecule has 0 amide bonds. The smallest absolute Gasteiger partial charge is 0.0908 e. The highest BCUT2D eigenvalue weighted by Gasteiger charge is 2.14. The monoisotopic (exact) mass is 171 g/mol. The van der Waals surface area contributed by atoms with Gasteiger partial charge in [-0.1, -0.05) is 25.1 Å². The van der Waals surface area contributed by atoms with Crippen LogP contribution in [0.1, 0.15) is 25.7 Å². The van der Waals surface area contributed by atoms with E-state index in [2.05, 4.69) is 5.32 Å². The molecule has 0 heterocycles. The van der Waals surface area contributed by atoms with E-state index < -0.39 is 0 Å². The van der Waals surface area contributed by atoms with Gasteiger partial charge in [0, 0.05) is 6.54 Å². The lowest BCUT2D eigenvalue weighted by Gasteiger charge is -2.10. The zero-order chi connectivity index (χ0) is 8.10. The van der Waals surface area contributed by atoms with E-state index in [0.29, 0.717) is 4.99 Å². The average molecular weight is 171 g/mol. The molecule has 1 radical (unpaired) electrons. The van der Waals surface area contributed by atoms with Crippen LogP contribution in [0.2, 0.25) is 0 Å². The molecule has 1 rings (SSSR count). The Bertz CT molecular complexity index is 130. The number of thiocarbonyl (C=S) groups is 1. The first-order chi connectivity index (χ1) is 5.33. The van der Waals surface area contributed by atoms with E-state index in [1.807, 2.05) is 0 Å². The molecule has 3 heteroatoms. The first-order valence-corrected chi connectivity index (χ1v) is 4.65. The van der Waals surface area contributed by atoms with Gasteiger partial charge in [-0.05, 0) is 18.8 Å². The Morgan fingerprint density at radius 2 is 2.09 bits per heavy atom. The van der Waals surface area contributed by atoms with Crippen LogP contribution in [0, 0.1) is 5.92 Å². The topological polar surface area (TPSA) is 35.8 Å². The maximum atomic E-state index is 6.98. The largest absolute Gasteiger partial charge is 0.378 e. The van der Waals surface area contributed by atoms with Gasteiger partial charge < -0.3 is 5.32 Å². The van der Waals surface area contributed by atoms with Gasteiger partial charge in [-0.3, -0.25) is 5.73 Å². The summed E-state index contributed by atoms with van der Waals surface area (Å²) in [4.78, 5) is 0.692. The van der Waals surface area contributed by atoms with Gasteiger partial charge in [0.15, 0.2) is 0 Å². The third-order valence-electron chi connectivity index (χ3n) is 2.22. The van der Waals surface area contributed by atoms with Crippen LogP contribution < -0.4 is 11.1 Å². The Balaban J connectivity index is 2.06. The minimum absolute atomic E-state index is 0.238. The van der Waals surface area contributed by atoms with Gasteiger partial charge in [-0.2, -0.15) is 0 Å². The first kappa shape index (κ1) is 8.94. The number of hydrogen-bond donors (Lipinski definition) is 1.